The molecule has 2 N–H and O–H groups in total. The Labute approximate surface area is 153 Å². The Hall–Kier alpha value is -2.24. The van der Waals surface area contributed by atoms with Gasteiger partial charge in [-0.25, -0.2) is 0 Å². The first-order valence-electron chi connectivity index (χ1n) is 8.18. The van der Waals surface area contributed by atoms with E-state index in [1.807, 2.05) is 32.2 Å². The third kappa shape index (κ3) is 5.96. The number of likely N-dealkylation sites (N-methyl/N-ethyl adjacent to an activating group) is 1. The van der Waals surface area contributed by atoms with Crippen LogP contribution < -0.4 is 19.7 Å². The molecule has 1 unspecified atom stereocenters. The van der Waals surface area contributed by atoms with Crippen LogP contribution in [0.2, 0.25) is 5.02 Å². The highest BCUT2D eigenvalue weighted by atomic mass is 35.5. The molecule has 0 saturated heterocycles. The van der Waals surface area contributed by atoms with Crippen LogP contribution in [0, 0.1) is 0 Å². The second-order valence-corrected chi connectivity index (χ2v) is 6.22. The summed E-state index contributed by atoms with van der Waals surface area (Å²) in [4.78, 5) is 13.2. The predicted molar refractivity (Wildman–Crippen MR) is 99.7 cm³/mol. The Morgan fingerprint density at radius 2 is 1.88 bits per heavy atom. The monoisotopic (exact) mass is 363 g/mol. The average molecular weight is 364 g/mol. The Morgan fingerprint density at radius 3 is 2.52 bits per heavy atom. The number of carbonyl (C=O) groups is 1. The molecular weight excluding hydrogens is 340 g/mol. The van der Waals surface area contributed by atoms with E-state index in [4.69, 9.17) is 21.1 Å². The molecule has 1 atom stereocenters. The van der Waals surface area contributed by atoms with Crippen LogP contribution >= 0.6 is 11.6 Å². The summed E-state index contributed by atoms with van der Waals surface area (Å²) in [5, 5.41) is 3.51. The second kappa shape index (κ2) is 9.30. The molecule has 2 rings (SSSR count). The maximum Gasteiger partial charge on any atom is 0.279 e. The van der Waals surface area contributed by atoms with Gasteiger partial charge in [0.05, 0.1) is 20.8 Å². The summed E-state index contributed by atoms with van der Waals surface area (Å²) in [5.74, 6) is 1.39. The molecule has 0 aliphatic rings. The normalized spacial score (nSPS) is 11.7. The lowest BCUT2D eigenvalue weighted by Crippen LogP contribution is -3.08. The quantitative estimate of drug-likeness (QED) is 0.757. The van der Waals surface area contributed by atoms with Crippen molar-refractivity contribution in [2.24, 2.45) is 0 Å². The molecule has 0 saturated carbocycles. The van der Waals surface area contributed by atoms with Gasteiger partial charge in [-0.05, 0) is 49.4 Å². The van der Waals surface area contributed by atoms with E-state index in [9.17, 15) is 4.79 Å². The van der Waals surface area contributed by atoms with Crippen molar-refractivity contribution in [3.8, 4) is 11.5 Å². The number of rotatable bonds is 8. The fraction of sp³-hybridized carbons (Fsp3) is 0.316. The highest BCUT2D eigenvalue weighted by molar-refractivity contribution is 6.30. The van der Waals surface area contributed by atoms with E-state index in [0.717, 1.165) is 21.9 Å². The van der Waals surface area contributed by atoms with Gasteiger partial charge in [-0.15, -0.1) is 0 Å². The standard InChI is InChI=1S/C19H23ClN2O3/c1-4-25-17-10-5-14(11-18(17)24-3)12-22(2)13-19(23)21-16-8-6-15(20)7-9-16/h5-11H,4,12-13H2,1-3H3,(H,21,23)/p+1. The van der Waals surface area contributed by atoms with Crippen molar-refractivity contribution in [2.75, 3.05) is 32.6 Å². The van der Waals surface area contributed by atoms with Crippen LogP contribution in [0.4, 0.5) is 5.69 Å². The van der Waals surface area contributed by atoms with Crippen LogP contribution in [-0.4, -0.2) is 33.2 Å². The molecule has 6 heteroatoms. The van der Waals surface area contributed by atoms with Gasteiger partial charge in [0.2, 0.25) is 0 Å². The molecular formula is C19H24ClN2O3+. The molecule has 0 aliphatic heterocycles. The van der Waals surface area contributed by atoms with Crippen LogP contribution in [0.25, 0.3) is 0 Å². The highest BCUT2D eigenvalue weighted by Crippen LogP contribution is 2.27. The first kappa shape index (κ1) is 19.1. The third-order valence-corrected chi connectivity index (χ3v) is 3.88. The number of quaternary nitrogens is 1. The molecule has 2 aromatic rings. The molecule has 134 valence electrons. The third-order valence-electron chi connectivity index (χ3n) is 3.62. The predicted octanol–water partition coefficient (Wildman–Crippen LogP) is 2.40. The Kier molecular flexibility index (Phi) is 7.10. The van der Waals surface area contributed by atoms with Crippen molar-refractivity contribution in [3.63, 3.8) is 0 Å². The number of amides is 1. The molecule has 0 radical (unpaired) electrons. The minimum atomic E-state index is -0.0438. The molecule has 0 fully saturated rings. The summed E-state index contributed by atoms with van der Waals surface area (Å²) in [6, 6.07) is 12.9. The van der Waals surface area contributed by atoms with E-state index in [0.29, 0.717) is 30.5 Å². The number of carbonyl (C=O) groups excluding carboxylic acids is 1. The minimum absolute atomic E-state index is 0.0438. The van der Waals surface area contributed by atoms with Gasteiger partial charge >= 0.3 is 0 Å². The van der Waals surface area contributed by atoms with E-state index in [1.54, 1.807) is 31.4 Å². The SMILES string of the molecule is CCOc1ccc(C[NH+](C)CC(=O)Nc2ccc(Cl)cc2)cc1OC. The van der Waals surface area contributed by atoms with Crippen LogP contribution in [-0.2, 0) is 11.3 Å². The minimum Gasteiger partial charge on any atom is -0.493 e. The molecule has 5 nitrogen and oxygen atoms in total. The zero-order valence-electron chi connectivity index (χ0n) is 14.8. The fourth-order valence-corrected chi connectivity index (χ4v) is 2.65. The molecule has 0 spiro atoms. The smallest absolute Gasteiger partial charge is 0.279 e. The molecule has 1 amide bonds. The maximum absolute atomic E-state index is 12.2. The number of hydrogen-bond acceptors (Lipinski definition) is 3. The summed E-state index contributed by atoms with van der Waals surface area (Å²) in [5.41, 5.74) is 1.82. The number of hydrogen-bond donors (Lipinski definition) is 2. The summed E-state index contributed by atoms with van der Waals surface area (Å²) in [7, 11) is 3.60. The Bertz CT molecular complexity index is 704. The van der Waals surface area contributed by atoms with E-state index in [1.165, 1.54) is 0 Å². The molecule has 2 aromatic carbocycles. The molecule has 25 heavy (non-hydrogen) atoms. The average Bonchev–Trinajstić information content (AvgIpc) is 2.58. The zero-order valence-corrected chi connectivity index (χ0v) is 15.5. The molecule has 0 bridgehead atoms. The van der Waals surface area contributed by atoms with E-state index < -0.39 is 0 Å². The summed E-state index contributed by atoms with van der Waals surface area (Å²) >= 11 is 5.84. The number of ether oxygens (including phenoxy) is 2. The van der Waals surface area contributed by atoms with Crippen LogP contribution in [0.1, 0.15) is 12.5 Å². The highest BCUT2D eigenvalue weighted by Gasteiger charge is 2.13. The van der Waals surface area contributed by atoms with Crippen LogP contribution in [0.5, 0.6) is 11.5 Å². The Morgan fingerprint density at radius 1 is 1.16 bits per heavy atom. The van der Waals surface area contributed by atoms with E-state index >= 15 is 0 Å². The first-order chi connectivity index (χ1) is 12.0. The van der Waals surface area contributed by atoms with Gasteiger partial charge in [-0.2, -0.15) is 0 Å². The van der Waals surface area contributed by atoms with E-state index in [-0.39, 0.29) is 5.91 Å². The number of benzene rings is 2. The summed E-state index contributed by atoms with van der Waals surface area (Å²) in [6.45, 7) is 3.59. The van der Waals surface area contributed by atoms with Crippen molar-refractivity contribution in [1.82, 2.24) is 0 Å². The first-order valence-corrected chi connectivity index (χ1v) is 8.56. The van der Waals surface area contributed by atoms with Gasteiger partial charge in [0.25, 0.3) is 5.91 Å². The van der Waals surface area contributed by atoms with Crippen molar-refractivity contribution in [3.05, 3.63) is 53.1 Å². The lowest BCUT2D eigenvalue weighted by atomic mass is 10.2. The summed E-state index contributed by atoms with van der Waals surface area (Å²) in [6.07, 6.45) is 0. The van der Waals surface area contributed by atoms with Gasteiger partial charge in [-0.3, -0.25) is 4.79 Å². The largest absolute Gasteiger partial charge is 0.493 e. The fourth-order valence-electron chi connectivity index (χ4n) is 2.52. The molecule has 0 heterocycles. The van der Waals surface area contributed by atoms with Crippen molar-refractivity contribution >= 4 is 23.2 Å². The van der Waals surface area contributed by atoms with Crippen molar-refractivity contribution in [1.29, 1.82) is 0 Å². The van der Waals surface area contributed by atoms with Gasteiger partial charge < -0.3 is 19.7 Å². The van der Waals surface area contributed by atoms with E-state index in [2.05, 4.69) is 5.32 Å². The lowest BCUT2D eigenvalue weighted by molar-refractivity contribution is -0.885. The zero-order chi connectivity index (χ0) is 18.2. The van der Waals surface area contributed by atoms with Crippen molar-refractivity contribution in [2.45, 2.75) is 13.5 Å². The number of nitrogens with one attached hydrogen (secondary N) is 2. The summed E-state index contributed by atoms with van der Waals surface area (Å²) < 4.78 is 10.9. The topological polar surface area (TPSA) is 52.0 Å². The lowest BCUT2D eigenvalue weighted by Gasteiger charge is -2.15. The number of methoxy groups -OCH3 is 1. The molecule has 0 aliphatic carbocycles. The van der Waals surface area contributed by atoms with Crippen LogP contribution in [0.15, 0.2) is 42.5 Å². The maximum atomic E-state index is 12.2. The van der Waals surface area contributed by atoms with Gasteiger partial charge in [0, 0.05) is 16.3 Å². The molecule has 0 aromatic heterocycles. The number of halogens is 1. The van der Waals surface area contributed by atoms with Gasteiger partial charge in [0.15, 0.2) is 18.0 Å². The van der Waals surface area contributed by atoms with Crippen LogP contribution in [0.3, 0.4) is 0 Å². The van der Waals surface area contributed by atoms with Gasteiger partial charge in [-0.1, -0.05) is 11.6 Å². The Balaban J connectivity index is 1.91. The van der Waals surface area contributed by atoms with Gasteiger partial charge in [0.1, 0.15) is 6.54 Å². The second-order valence-electron chi connectivity index (χ2n) is 5.78. The van der Waals surface area contributed by atoms with Crippen molar-refractivity contribution < 1.29 is 19.2 Å². The number of anilines is 1.